The third-order valence-corrected chi connectivity index (χ3v) is 2.61. The van der Waals surface area contributed by atoms with Gasteiger partial charge >= 0.3 is 5.76 Å². The molecule has 2 aromatic rings. The molecule has 0 saturated carbocycles. The van der Waals surface area contributed by atoms with E-state index in [0.29, 0.717) is 17.3 Å². The molecule has 0 N–H and O–H groups in total. The summed E-state index contributed by atoms with van der Waals surface area (Å²) in [7, 11) is 0. The molecule has 0 atom stereocenters. The number of nitrogens with zero attached hydrogens (tertiary/aromatic N) is 2. The van der Waals surface area contributed by atoms with Gasteiger partial charge in [-0.3, -0.25) is 0 Å². The van der Waals surface area contributed by atoms with Crippen LogP contribution in [0.5, 0.6) is 0 Å². The van der Waals surface area contributed by atoms with Crippen LogP contribution in [0, 0.1) is 11.8 Å². The molecule has 0 aliphatic heterocycles. The highest BCUT2D eigenvalue weighted by Crippen LogP contribution is 2.12. The number of halogens is 1. The van der Waals surface area contributed by atoms with Crippen molar-refractivity contribution in [1.29, 1.82) is 0 Å². The van der Waals surface area contributed by atoms with E-state index in [1.165, 1.54) is 4.68 Å². The minimum Gasteiger partial charge on any atom is -0.392 e. The molecule has 0 aliphatic carbocycles. The van der Waals surface area contributed by atoms with Crippen molar-refractivity contribution in [3.05, 3.63) is 51.3 Å². The van der Waals surface area contributed by atoms with Crippen LogP contribution >= 0.6 is 11.6 Å². The Labute approximate surface area is 109 Å². The molecule has 0 saturated heterocycles. The second-order valence-corrected chi connectivity index (χ2v) is 3.96. The molecule has 0 bridgehead atoms. The summed E-state index contributed by atoms with van der Waals surface area (Å²) in [4.78, 5) is 11.3. The summed E-state index contributed by atoms with van der Waals surface area (Å²) < 4.78 is 6.09. The summed E-state index contributed by atoms with van der Waals surface area (Å²) in [6, 6.07) is 7.28. The summed E-state index contributed by atoms with van der Waals surface area (Å²) in [6.45, 7) is 2.05. The van der Waals surface area contributed by atoms with Crippen LogP contribution in [0.3, 0.4) is 0 Å². The van der Waals surface area contributed by atoms with Crippen molar-refractivity contribution in [1.82, 2.24) is 9.78 Å². The standard InChI is InChI=1S/C13H11ClN2O2/c1-2-12-15-16(13(17)18-12)9-5-7-10-6-3-4-8-11(10)14/h3-4,6,8H,2,9H2,1H3. The summed E-state index contributed by atoms with van der Waals surface area (Å²) in [5.41, 5.74) is 0.728. The zero-order valence-corrected chi connectivity index (χ0v) is 10.6. The van der Waals surface area contributed by atoms with Gasteiger partial charge < -0.3 is 4.42 Å². The lowest BCUT2D eigenvalue weighted by molar-refractivity contribution is 0.456. The van der Waals surface area contributed by atoms with E-state index in [1.54, 1.807) is 6.07 Å². The van der Waals surface area contributed by atoms with E-state index in [0.717, 1.165) is 5.56 Å². The van der Waals surface area contributed by atoms with Crippen molar-refractivity contribution in [3.63, 3.8) is 0 Å². The molecule has 4 nitrogen and oxygen atoms in total. The van der Waals surface area contributed by atoms with E-state index >= 15 is 0 Å². The lowest BCUT2D eigenvalue weighted by atomic mass is 10.2. The van der Waals surface area contributed by atoms with E-state index < -0.39 is 5.76 Å². The van der Waals surface area contributed by atoms with Crippen LogP contribution in [-0.2, 0) is 13.0 Å². The maximum Gasteiger partial charge on any atom is 0.438 e. The zero-order valence-electron chi connectivity index (χ0n) is 9.81. The van der Waals surface area contributed by atoms with Gasteiger partial charge in [-0.1, -0.05) is 42.5 Å². The minimum atomic E-state index is -0.486. The van der Waals surface area contributed by atoms with E-state index in [4.69, 9.17) is 16.0 Å². The van der Waals surface area contributed by atoms with Crippen molar-refractivity contribution in [2.75, 3.05) is 0 Å². The van der Waals surface area contributed by atoms with Crippen molar-refractivity contribution in [3.8, 4) is 11.8 Å². The predicted octanol–water partition coefficient (Wildman–Crippen LogP) is 2.10. The largest absolute Gasteiger partial charge is 0.438 e. The quantitative estimate of drug-likeness (QED) is 0.779. The Morgan fingerprint density at radius 3 is 2.89 bits per heavy atom. The van der Waals surface area contributed by atoms with Crippen LogP contribution in [0.1, 0.15) is 18.4 Å². The van der Waals surface area contributed by atoms with Gasteiger partial charge in [0, 0.05) is 12.0 Å². The molecular weight excluding hydrogens is 252 g/mol. The normalized spacial score (nSPS) is 9.89. The summed E-state index contributed by atoms with van der Waals surface area (Å²) in [6.07, 6.45) is 0.584. The van der Waals surface area contributed by atoms with Crippen LogP contribution in [0.15, 0.2) is 33.5 Å². The first kappa shape index (κ1) is 12.5. The Balaban J connectivity index is 2.15. The molecule has 92 valence electrons. The molecular formula is C13H11ClN2O2. The highest BCUT2D eigenvalue weighted by molar-refractivity contribution is 6.31. The van der Waals surface area contributed by atoms with Crippen LogP contribution in [-0.4, -0.2) is 9.78 Å². The topological polar surface area (TPSA) is 48.0 Å². The van der Waals surface area contributed by atoms with E-state index in [-0.39, 0.29) is 6.54 Å². The van der Waals surface area contributed by atoms with Crippen molar-refractivity contribution in [2.24, 2.45) is 0 Å². The van der Waals surface area contributed by atoms with Crippen LogP contribution in [0.4, 0.5) is 0 Å². The Morgan fingerprint density at radius 2 is 2.22 bits per heavy atom. The Morgan fingerprint density at radius 1 is 1.44 bits per heavy atom. The number of hydrogen-bond acceptors (Lipinski definition) is 3. The van der Waals surface area contributed by atoms with Crippen LogP contribution in [0.25, 0.3) is 0 Å². The van der Waals surface area contributed by atoms with Crippen molar-refractivity contribution >= 4 is 11.6 Å². The van der Waals surface area contributed by atoms with Gasteiger partial charge in [0.15, 0.2) is 0 Å². The highest BCUT2D eigenvalue weighted by atomic mass is 35.5. The molecule has 0 aliphatic rings. The smallest absolute Gasteiger partial charge is 0.392 e. The van der Waals surface area contributed by atoms with Gasteiger partial charge in [-0.05, 0) is 12.1 Å². The minimum absolute atomic E-state index is 0.188. The zero-order chi connectivity index (χ0) is 13.0. The van der Waals surface area contributed by atoms with Gasteiger partial charge in [0.1, 0.15) is 6.54 Å². The number of hydrogen-bond donors (Lipinski definition) is 0. The molecule has 2 rings (SSSR count). The third kappa shape index (κ3) is 2.82. The first-order chi connectivity index (χ1) is 8.70. The fourth-order valence-corrected chi connectivity index (χ4v) is 1.55. The van der Waals surface area contributed by atoms with E-state index in [9.17, 15) is 4.79 Å². The van der Waals surface area contributed by atoms with Gasteiger partial charge in [0.25, 0.3) is 0 Å². The molecule has 18 heavy (non-hydrogen) atoms. The van der Waals surface area contributed by atoms with E-state index in [2.05, 4.69) is 16.9 Å². The average molecular weight is 263 g/mol. The highest BCUT2D eigenvalue weighted by Gasteiger charge is 2.03. The maximum atomic E-state index is 11.3. The Kier molecular flexibility index (Phi) is 3.85. The monoisotopic (exact) mass is 262 g/mol. The third-order valence-electron chi connectivity index (χ3n) is 2.28. The van der Waals surface area contributed by atoms with Gasteiger partial charge in [-0.25, -0.2) is 4.79 Å². The lowest BCUT2D eigenvalue weighted by Gasteiger charge is -1.92. The number of benzene rings is 1. The SMILES string of the molecule is CCc1nn(CC#Cc2ccccc2Cl)c(=O)o1. The number of aromatic nitrogens is 2. The summed E-state index contributed by atoms with van der Waals surface area (Å²) in [5.74, 6) is 5.67. The van der Waals surface area contributed by atoms with Crippen molar-refractivity contribution < 1.29 is 4.42 Å². The summed E-state index contributed by atoms with van der Waals surface area (Å²) in [5, 5.41) is 4.57. The predicted molar refractivity (Wildman–Crippen MR) is 68.5 cm³/mol. The summed E-state index contributed by atoms with van der Waals surface area (Å²) >= 11 is 5.96. The van der Waals surface area contributed by atoms with Crippen molar-refractivity contribution in [2.45, 2.75) is 19.9 Å². The molecule has 5 heteroatoms. The van der Waals surface area contributed by atoms with Gasteiger partial charge in [-0.2, -0.15) is 4.68 Å². The van der Waals surface area contributed by atoms with E-state index in [1.807, 2.05) is 25.1 Å². The number of rotatable bonds is 2. The Hall–Kier alpha value is -1.99. The second-order valence-electron chi connectivity index (χ2n) is 3.55. The maximum absolute atomic E-state index is 11.3. The van der Waals surface area contributed by atoms with Gasteiger partial charge in [-0.15, -0.1) is 5.10 Å². The first-order valence-corrected chi connectivity index (χ1v) is 5.88. The molecule has 1 heterocycles. The van der Waals surface area contributed by atoms with Gasteiger partial charge in [0.05, 0.1) is 5.02 Å². The number of aryl methyl sites for hydroxylation is 1. The molecule has 0 amide bonds. The van der Waals surface area contributed by atoms with Crippen LogP contribution in [0.2, 0.25) is 5.02 Å². The fourth-order valence-electron chi connectivity index (χ4n) is 1.36. The lowest BCUT2D eigenvalue weighted by Crippen LogP contribution is -2.14. The van der Waals surface area contributed by atoms with Crippen LogP contribution < -0.4 is 5.76 Å². The molecule has 0 radical (unpaired) electrons. The molecule has 0 unspecified atom stereocenters. The molecule has 1 aromatic heterocycles. The Bertz CT molecular complexity index is 661. The fraction of sp³-hybridized carbons (Fsp3) is 0.231. The second kappa shape index (κ2) is 5.56. The molecule has 0 fully saturated rings. The molecule has 1 aromatic carbocycles. The molecule has 0 spiro atoms. The first-order valence-electron chi connectivity index (χ1n) is 5.51. The average Bonchev–Trinajstić information content (AvgIpc) is 2.73. The van der Waals surface area contributed by atoms with Gasteiger partial charge in [0.2, 0.25) is 5.89 Å².